The van der Waals surface area contributed by atoms with Gasteiger partial charge in [-0.05, 0) is 17.7 Å². The summed E-state index contributed by atoms with van der Waals surface area (Å²) in [7, 11) is 0. The van der Waals surface area contributed by atoms with Gasteiger partial charge in [-0.2, -0.15) is 0 Å². The number of aliphatic carboxylic acids is 1. The first-order chi connectivity index (χ1) is 15.5. The Morgan fingerprint density at radius 3 is 2.25 bits per heavy atom. The SMILES string of the molecule is O=C(O)[C@H](Cc1ccccc1)NC(=O)N1CCN(C(=O)[C@H]2COc3ccccc3O2)CC1. The number of hydrogen-bond donors (Lipinski definition) is 2. The second-order valence-corrected chi connectivity index (χ2v) is 7.71. The zero-order valence-corrected chi connectivity index (χ0v) is 17.5. The Bertz CT molecular complexity index is 975. The van der Waals surface area contributed by atoms with Gasteiger partial charge in [0.2, 0.25) is 6.10 Å². The lowest BCUT2D eigenvalue weighted by Gasteiger charge is -2.37. The molecule has 0 aromatic heterocycles. The minimum absolute atomic E-state index is 0.135. The lowest BCUT2D eigenvalue weighted by atomic mass is 10.1. The molecule has 32 heavy (non-hydrogen) atoms. The molecule has 4 rings (SSSR count). The molecule has 1 saturated heterocycles. The van der Waals surface area contributed by atoms with Crippen molar-refractivity contribution in [2.24, 2.45) is 0 Å². The van der Waals surface area contributed by atoms with Crippen LogP contribution in [0.1, 0.15) is 5.56 Å². The van der Waals surface area contributed by atoms with Gasteiger partial charge >= 0.3 is 12.0 Å². The van der Waals surface area contributed by atoms with Crippen molar-refractivity contribution in [2.75, 3.05) is 32.8 Å². The van der Waals surface area contributed by atoms with Gasteiger partial charge in [-0.25, -0.2) is 9.59 Å². The number of benzene rings is 2. The fourth-order valence-corrected chi connectivity index (χ4v) is 3.76. The van der Waals surface area contributed by atoms with Crippen molar-refractivity contribution >= 4 is 17.9 Å². The lowest BCUT2D eigenvalue weighted by Crippen LogP contribution is -2.58. The predicted molar refractivity (Wildman–Crippen MR) is 115 cm³/mol. The van der Waals surface area contributed by atoms with Gasteiger partial charge in [0.05, 0.1) is 0 Å². The third-order valence-corrected chi connectivity index (χ3v) is 5.54. The first-order valence-electron chi connectivity index (χ1n) is 10.5. The van der Waals surface area contributed by atoms with Gasteiger partial charge in [-0.1, -0.05) is 42.5 Å². The lowest BCUT2D eigenvalue weighted by molar-refractivity contribution is -0.142. The number of hydrogen-bond acceptors (Lipinski definition) is 5. The summed E-state index contributed by atoms with van der Waals surface area (Å²) in [6.07, 6.45) is -0.534. The Hall–Kier alpha value is -3.75. The summed E-state index contributed by atoms with van der Waals surface area (Å²) in [5.74, 6) is -0.132. The van der Waals surface area contributed by atoms with Gasteiger partial charge < -0.3 is 29.7 Å². The first kappa shape index (κ1) is 21.5. The standard InChI is InChI=1S/C23H25N3O6/c27-21(20-15-31-18-8-4-5-9-19(18)32-20)25-10-12-26(13-11-25)23(30)24-17(22(28)29)14-16-6-2-1-3-7-16/h1-9,17,20H,10-15H2,(H,24,30)(H,28,29)/t17-,20+/m0/s1. The number of nitrogens with one attached hydrogen (secondary N) is 1. The van der Waals surface area contributed by atoms with Crippen molar-refractivity contribution in [1.29, 1.82) is 0 Å². The number of carbonyl (C=O) groups is 3. The Morgan fingerprint density at radius 1 is 0.938 bits per heavy atom. The number of nitrogens with zero attached hydrogens (tertiary/aromatic N) is 2. The molecule has 0 bridgehead atoms. The van der Waals surface area contributed by atoms with E-state index in [-0.39, 0.29) is 18.9 Å². The fourth-order valence-electron chi connectivity index (χ4n) is 3.76. The number of rotatable bonds is 5. The van der Waals surface area contributed by atoms with Crippen LogP contribution in [0, 0.1) is 0 Å². The zero-order valence-electron chi connectivity index (χ0n) is 17.5. The van der Waals surface area contributed by atoms with Crippen LogP contribution in [0.5, 0.6) is 11.5 Å². The van der Waals surface area contributed by atoms with Crippen LogP contribution in [-0.2, 0) is 16.0 Å². The minimum Gasteiger partial charge on any atom is -0.485 e. The molecule has 0 aliphatic carbocycles. The Balaban J connectivity index is 1.28. The third-order valence-electron chi connectivity index (χ3n) is 5.54. The third kappa shape index (κ3) is 4.93. The highest BCUT2D eigenvalue weighted by Crippen LogP contribution is 2.31. The van der Waals surface area contributed by atoms with Gasteiger partial charge in [0.1, 0.15) is 12.6 Å². The molecule has 9 nitrogen and oxygen atoms in total. The Labute approximate surface area is 185 Å². The van der Waals surface area contributed by atoms with Crippen molar-refractivity contribution < 1.29 is 29.0 Å². The van der Waals surface area contributed by atoms with E-state index in [9.17, 15) is 19.5 Å². The van der Waals surface area contributed by atoms with Gasteiger partial charge in [0.25, 0.3) is 5.91 Å². The Kier molecular flexibility index (Phi) is 6.44. The average molecular weight is 439 g/mol. The molecule has 2 atom stereocenters. The van der Waals surface area contributed by atoms with Crippen LogP contribution in [-0.4, -0.2) is 77.7 Å². The summed E-state index contributed by atoms with van der Waals surface area (Å²) < 4.78 is 11.4. The van der Waals surface area contributed by atoms with Crippen LogP contribution in [0.2, 0.25) is 0 Å². The molecule has 2 aliphatic rings. The predicted octanol–water partition coefficient (Wildman–Crippen LogP) is 1.38. The summed E-state index contributed by atoms with van der Waals surface area (Å²) in [6.45, 7) is 1.42. The van der Waals surface area contributed by atoms with Crippen LogP contribution in [0.25, 0.3) is 0 Å². The smallest absolute Gasteiger partial charge is 0.326 e. The van der Waals surface area contributed by atoms with Crippen molar-refractivity contribution in [3.63, 3.8) is 0 Å². The highest BCUT2D eigenvalue weighted by molar-refractivity contribution is 5.84. The van der Waals surface area contributed by atoms with Crippen LogP contribution in [0.3, 0.4) is 0 Å². The molecule has 0 saturated carbocycles. The number of carboxylic acid groups (broad SMARTS) is 1. The van der Waals surface area contributed by atoms with E-state index in [0.29, 0.717) is 37.7 Å². The highest BCUT2D eigenvalue weighted by atomic mass is 16.6. The maximum Gasteiger partial charge on any atom is 0.326 e. The molecule has 1 fully saturated rings. The van der Waals surface area contributed by atoms with Crippen LogP contribution in [0.4, 0.5) is 4.79 Å². The monoisotopic (exact) mass is 439 g/mol. The van der Waals surface area contributed by atoms with Gasteiger partial charge in [-0.15, -0.1) is 0 Å². The molecule has 3 amide bonds. The van der Waals surface area contributed by atoms with Crippen LogP contribution in [0.15, 0.2) is 54.6 Å². The molecule has 2 aromatic carbocycles. The highest BCUT2D eigenvalue weighted by Gasteiger charge is 2.34. The van der Waals surface area contributed by atoms with Gasteiger partial charge in [-0.3, -0.25) is 4.79 Å². The number of piperazine rings is 1. The molecule has 9 heteroatoms. The first-order valence-corrected chi connectivity index (χ1v) is 10.5. The number of para-hydroxylation sites is 2. The number of urea groups is 1. The number of carbonyl (C=O) groups excluding carboxylic acids is 2. The number of amides is 3. The zero-order chi connectivity index (χ0) is 22.5. The molecule has 0 unspecified atom stereocenters. The minimum atomic E-state index is -1.09. The maximum absolute atomic E-state index is 12.8. The molecule has 2 heterocycles. The molecular formula is C23H25N3O6. The topological polar surface area (TPSA) is 108 Å². The number of ether oxygens (including phenoxy) is 2. The summed E-state index contributed by atoms with van der Waals surface area (Å²) in [5, 5.41) is 12.1. The molecule has 0 spiro atoms. The molecule has 0 radical (unpaired) electrons. The van der Waals surface area contributed by atoms with E-state index in [4.69, 9.17) is 9.47 Å². The number of fused-ring (bicyclic) bond motifs is 1. The maximum atomic E-state index is 12.8. The van der Waals surface area contributed by atoms with Crippen molar-refractivity contribution in [1.82, 2.24) is 15.1 Å². The largest absolute Gasteiger partial charge is 0.485 e. The van der Waals surface area contributed by atoms with E-state index in [1.807, 2.05) is 42.5 Å². The van der Waals surface area contributed by atoms with Crippen molar-refractivity contribution in [2.45, 2.75) is 18.6 Å². The summed E-state index contributed by atoms with van der Waals surface area (Å²) >= 11 is 0. The molecule has 2 aliphatic heterocycles. The summed E-state index contributed by atoms with van der Waals surface area (Å²) in [4.78, 5) is 40.2. The van der Waals surface area contributed by atoms with E-state index in [1.165, 1.54) is 4.90 Å². The van der Waals surface area contributed by atoms with E-state index in [0.717, 1.165) is 5.56 Å². The number of carboxylic acids is 1. The normalized spacial score (nSPS) is 18.6. The Morgan fingerprint density at radius 2 is 1.56 bits per heavy atom. The second-order valence-electron chi connectivity index (χ2n) is 7.71. The molecular weight excluding hydrogens is 414 g/mol. The fraction of sp³-hybridized carbons (Fsp3) is 0.348. The molecule has 2 N–H and O–H groups in total. The van der Waals surface area contributed by atoms with E-state index >= 15 is 0 Å². The van der Waals surface area contributed by atoms with Crippen LogP contribution >= 0.6 is 0 Å². The van der Waals surface area contributed by atoms with Crippen molar-refractivity contribution in [3.05, 3.63) is 60.2 Å². The second kappa shape index (κ2) is 9.59. The summed E-state index contributed by atoms with van der Waals surface area (Å²) in [6, 6.07) is 14.9. The van der Waals surface area contributed by atoms with Gasteiger partial charge in [0.15, 0.2) is 11.5 Å². The molecule has 168 valence electrons. The van der Waals surface area contributed by atoms with E-state index in [1.54, 1.807) is 17.0 Å². The average Bonchev–Trinajstić information content (AvgIpc) is 2.83. The van der Waals surface area contributed by atoms with Crippen molar-refractivity contribution in [3.8, 4) is 11.5 Å². The quantitative estimate of drug-likeness (QED) is 0.729. The van der Waals surface area contributed by atoms with E-state index < -0.39 is 24.1 Å². The van der Waals surface area contributed by atoms with Gasteiger partial charge in [0, 0.05) is 32.6 Å². The van der Waals surface area contributed by atoms with E-state index in [2.05, 4.69) is 5.32 Å². The van der Waals surface area contributed by atoms with Crippen LogP contribution < -0.4 is 14.8 Å². The molecule has 2 aromatic rings. The summed E-state index contributed by atoms with van der Waals surface area (Å²) in [5.41, 5.74) is 0.826.